The van der Waals surface area contributed by atoms with E-state index in [2.05, 4.69) is 4.99 Å². The number of aliphatic hydroxyl groups excluding tert-OH is 1. The maximum absolute atomic E-state index is 11.5. The highest BCUT2D eigenvalue weighted by molar-refractivity contribution is 6.23. The summed E-state index contributed by atoms with van der Waals surface area (Å²) in [5.74, 6) is -0.00874. The van der Waals surface area contributed by atoms with Crippen LogP contribution >= 0.6 is 0 Å². The molecular formula is C14H15NO2. The molecule has 0 saturated heterocycles. The van der Waals surface area contributed by atoms with Crippen LogP contribution < -0.4 is 0 Å². The monoisotopic (exact) mass is 229 g/mol. The zero-order chi connectivity index (χ0) is 12.1. The van der Waals surface area contributed by atoms with E-state index in [0.717, 1.165) is 30.4 Å². The molecule has 3 heteroatoms. The van der Waals surface area contributed by atoms with E-state index in [1.165, 1.54) is 0 Å². The zero-order valence-corrected chi connectivity index (χ0v) is 9.60. The van der Waals surface area contributed by atoms with Gasteiger partial charge in [-0.25, -0.2) is 0 Å². The van der Waals surface area contributed by atoms with Gasteiger partial charge in [0.05, 0.1) is 18.4 Å². The maximum atomic E-state index is 11.5. The molecule has 0 aromatic heterocycles. The van der Waals surface area contributed by atoms with Crippen LogP contribution in [0, 0.1) is 0 Å². The average molecular weight is 229 g/mol. The molecule has 2 rings (SSSR count). The van der Waals surface area contributed by atoms with Crippen LogP contribution in [0.1, 0.15) is 24.8 Å². The van der Waals surface area contributed by atoms with Gasteiger partial charge in [-0.3, -0.25) is 9.79 Å². The van der Waals surface area contributed by atoms with Gasteiger partial charge in [0, 0.05) is 12.1 Å². The number of allylic oxidation sites excluding steroid dienone is 1. The van der Waals surface area contributed by atoms with E-state index in [1.54, 1.807) is 0 Å². The van der Waals surface area contributed by atoms with Crippen molar-refractivity contribution in [3.63, 3.8) is 0 Å². The zero-order valence-electron chi connectivity index (χ0n) is 9.60. The van der Waals surface area contributed by atoms with Crippen molar-refractivity contribution in [3.05, 3.63) is 47.7 Å². The molecule has 1 aromatic carbocycles. The van der Waals surface area contributed by atoms with Crippen molar-refractivity contribution in [1.82, 2.24) is 0 Å². The summed E-state index contributed by atoms with van der Waals surface area (Å²) in [7, 11) is 0. The number of hydrogen-bond acceptors (Lipinski definition) is 3. The fourth-order valence-electron chi connectivity index (χ4n) is 1.93. The Morgan fingerprint density at radius 2 is 2.00 bits per heavy atom. The van der Waals surface area contributed by atoms with Crippen LogP contribution in [-0.4, -0.2) is 16.6 Å². The Balaban J connectivity index is 2.13. The van der Waals surface area contributed by atoms with Gasteiger partial charge in [-0.1, -0.05) is 30.3 Å². The van der Waals surface area contributed by atoms with Gasteiger partial charge in [-0.2, -0.15) is 0 Å². The summed E-state index contributed by atoms with van der Waals surface area (Å²) in [5.41, 5.74) is 2.22. The van der Waals surface area contributed by atoms with E-state index in [9.17, 15) is 4.79 Å². The number of benzene rings is 1. The summed E-state index contributed by atoms with van der Waals surface area (Å²) < 4.78 is 0. The third-order valence-corrected chi connectivity index (χ3v) is 2.85. The standard InChI is InChI=1S/C14H15NO2/c16-10-12-13(7-4-8-14(12)17)15-9-11-5-2-1-3-6-11/h1-3,5-6,10,16H,4,7-9H2/b12-10-,15-13?. The first-order chi connectivity index (χ1) is 8.31. The minimum atomic E-state index is -0.00874. The summed E-state index contributed by atoms with van der Waals surface area (Å²) in [4.78, 5) is 16.0. The molecule has 0 unspecified atom stereocenters. The molecule has 0 spiro atoms. The Morgan fingerprint density at radius 1 is 1.24 bits per heavy atom. The van der Waals surface area contributed by atoms with Crippen LogP contribution in [-0.2, 0) is 11.3 Å². The summed E-state index contributed by atoms with van der Waals surface area (Å²) in [6.07, 6.45) is 3.00. The fourth-order valence-corrected chi connectivity index (χ4v) is 1.93. The normalized spacial score (nSPS) is 21.1. The lowest BCUT2D eigenvalue weighted by Gasteiger charge is -2.14. The minimum Gasteiger partial charge on any atom is -0.515 e. The van der Waals surface area contributed by atoms with Crippen molar-refractivity contribution in [2.45, 2.75) is 25.8 Å². The highest BCUT2D eigenvalue weighted by Gasteiger charge is 2.21. The van der Waals surface area contributed by atoms with Gasteiger partial charge in [0.1, 0.15) is 0 Å². The predicted octanol–water partition coefficient (Wildman–Crippen LogP) is 2.82. The Hall–Kier alpha value is -1.90. The first-order valence-electron chi connectivity index (χ1n) is 5.76. The second kappa shape index (κ2) is 5.43. The number of rotatable bonds is 2. The van der Waals surface area contributed by atoms with Crippen molar-refractivity contribution in [3.8, 4) is 0 Å². The SMILES string of the molecule is O=C1CCCC(=NCc2ccccc2)/C1=C/O. The van der Waals surface area contributed by atoms with Crippen LogP contribution in [0.2, 0.25) is 0 Å². The molecule has 0 radical (unpaired) electrons. The highest BCUT2D eigenvalue weighted by Crippen LogP contribution is 2.18. The van der Waals surface area contributed by atoms with Crippen LogP contribution in [0.15, 0.2) is 47.2 Å². The van der Waals surface area contributed by atoms with E-state index in [0.29, 0.717) is 18.5 Å². The molecule has 1 saturated carbocycles. The largest absolute Gasteiger partial charge is 0.515 e. The van der Waals surface area contributed by atoms with Crippen molar-refractivity contribution in [2.24, 2.45) is 4.99 Å². The Bertz CT molecular complexity index is 460. The molecule has 17 heavy (non-hydrogen) atoms. The van der Waals surface area contributed by atoms with Gasteiger partial charge in [0.15, 0.2) is 5.78 Å². The quantitative estimate of drug-likeness (QED) is 0.626. The molecule has 3 nitrogen and oxygen atoms in total. The lowest BCUT2D eigenvalue weighted by Crippen LogP contribution is -2.19. The van der Waals surface area contributed by atoms with Gasteiger partial charge < -0.3 is 5.11 Å². The topological polar surface area (TPSA) is 49.7 Å². The van der Waals surface area contributed by atoms with Gasteiger partial charge in [0.25, 0.3) is 0 Å². The summed E-state index contributed by atoms with van der Waals surface area (Å²) in [6.45, 7) is 0.556. The van der Waals surface area contributed by atoms with Crippen LogP contribution in [0.4, 0.5) is 0 Å². The molecule has 0 amide bonds. The Kier molecular flexibility index (Phi) is 3.70. The number of aliphatic hydroxyl groups is 1. The Labute approximate surface area is 101 Å². The molecular weight excluding hydrogens is 214 g/mol. The average Bonchev–Trinajstić information content (AvgIpc) is 2.37. The molecule has 0 aliphatic heterocycles. The molecule has 88 valence electrons. The maximum Gasteiger partial charge on any atom is 0.167 e. The number of ketones is 1. The first kappa shape index (κ1) is 11.6. The van der Waals surface area contributed by atoms with Gasteiger partial charge in [0.2, 0.25) is 0 Å². The van der Waals surface area contributed by atoms with E-state index in [1.807, 2.05) is 30.3 Å². The number of carbonyl (C=O) groups is 1. The first-order valence-corrected chi connectivity index (χ1v) is 5.76. The van der Waals surface area contributed by atoms with E-state index < -0.39 is 0 Å². The van der Waals surface area contributed by atoms with E-state index >= 15 is 0 Å². The lowest BCUT2D eigenvalue weighted by atomic mass is 9.92. The van der Waals surface area contributed by atoms with Crippen LogP contribution in [0.5, 0.6) is 0 Å². The number of Topliss-reactive ketones (excluding diaryl/α,β-unsaturated/α-hetero) is 1. The second-order valence-electron chi connectivity index (χ2n) is 4.07. The van der Waals surface area contributed by atoms with E-state index in [4.69, 9.17) is 5.11 Å². The molecule has 0 heterocycles. The smallest absolute Gasteiger partial charge is 0.167 e. The summed E-state index contributed by atoms with van der Waals surface area (Å²) in [6, 6.07) is 9.88. The third-order valence-electron chi connectivity index (χ3n) is 2.85. The third kappa shape index (κ3) is 2.81. The van der Waals surface area contributed by atoms with Crippen molar-refractivity contribution in [2.75, 3.05) is 0 Å². The number of hydrogen-bond donors (Lipinski definition) is 1. The van der Waals surface area contributed by atoms with Crippen LogP contribution in [0.25, 0.3) is 0 Å². The molecule has 0 atom stereocenters. The van der Waals surface area contributed by atoms with Crippen LogP contribution in [0.3, 0.4) is 0 Å². The number of aliphatic imine (C=N–C) groups is 1. The second-order valence-corrected chi connectivity index (χ2v) is 4.07. The molecule has 1 N–H and O–H groups in total. The minimum absolute atomic E-state index is 0.00874. The van der Waals surface area contributed by atoms with E-state index in [-0.39, 0.29) is 5.78 Å². The Morgan fingerprint density at radius 3 is 2.71 bits per heavy atom. The molecule has 1 aliphatic rings. The van der Waals surface area contributed by atoms with Crippen molar-refractivity contribution in [1.29, 1.82) is 0 Å². The summed E-state index contributed by atoms with van der Waals surface area (Å²) in [5, 5.41) is 9.07. The summed E-state index contributed by atoms with van der Waals surface area (Å²) >= 11 is 0. The fraction of sp³-hybridized carbons (Fsp3) is 0.286. The van der Waals surface area contributed by atoms with Gasteiger partial charge in [-0.15, -0.1) is 0 Å². The van der Waals surface area contributed by atoms with Gasteiger partial charge >= 0.3 is 0 Å². The molecule has 1 aliphatic carbocycles. The molecule has 0 bridgehead atoms. The molecule has 1 fully saturated rings. The number of carbonyl (C=O) groups excluding carboxylic acids is 1. The van der Waals surface area contributed by atoms with Crippen molar-refractivity contribution >= 4 is 11.5 Å². The van der Waals surface area contributed by atoms with Gasteiger partial charge in [-0.05, 0) is 18.4 Å². The predicted molar refractivity (Wildman–Crippen MR) is 67.2 cm³/mol. The lowest BCUT2D eigenvalue weighted by molar-refractivity contribution is -0.115. The highest BCUT2D eigenvalue weighted by atomic mass is 16.2. The number of nitrogens with zero attached hydrogens (tertiary/aromatic N) is 1. The molecule has 1 aromatic rings. The van der Waals surface area contributed by atoms with Crippen molar-refractivity contribution < 1.29 is 9.90 Å².